The van der Waals surface area contributed by atoms with Gasteiger partial charge in [0.25, 0.3) is 5.91 Å². The molecule has 1 N–H and O–H groups in total. The van der Waals surface area contributed by atoms with Crippen LogP contribution in [0.3, 0.4) is 0 Å². The number of nitrogens with one attached hydrogen (secondary N) is 1. The highest BCUT2D eigenvalue weighted by molar-refractivity contribution is 6.05. The molecule has 0 unspecified atom stereocenters. The van der Waals surface area contributed by atoms with Crippen LogP contribution in [0.2, 0.25) is 0 Å². The van der Waals surface area contributed by atoms with E-state index in [1.165, 1.54) is 12.1 Å². The Hall–Kier alpha value is -3.77. The molecule has 9 heteroatoms. The number of piperidine rings is 1. The summed E-state index contributed by atoms with van der Waals surface area (Å²) < 4.78 is 20.1. The van der Waals surface area contributed by atoms with E-state index in [0.717, 1.165) is 49.9 Å². The standard InChI is InChI=1S/C29H29FN4O4/c30-20-5-7-22(17(11-20)13-31)19-14-33(15-19)24-3-1-2-4-26(24)38-21-6-8-23-18(12-21)16-34(29(23)37)25-9-10-27(35)32-28(25)36/h5-8,11-12,19,24-26H,1-4,9-10,14-16H2,(H,32,35,36)/t24-,25-,26+/m1/s1. The maximum absolute atomic E-state index is 13.6. The number of rotatable bonds is 5. The van der Waals surface area contributed by atoms with Crippen LogP contribution in [0.25, 0.3) is 0 Å². The Balaban J connectivity index is 1.12. The van der Waals surface area contributed by atoms with Crippen LogP contribution in [0.5, 0.6) is 5.75 Å². The highest BCUT2D eigenvalue weighted by Gasteiger charge is 2.41. The summed E-state index contributed by atoms with van der Waals surface area (Å²) >= 11 is 0. The lowest BCUT2D eigenvalue weighted by Crippen LogP contribution is -2.57. The topological polar surface area (TPSA) is 103 Å². The molecular formula is C29H29FN4O4. The fourth-order valence-electron chi connectivity index (χ4n) is 6.39. The number of hydrogen-bond acceptors (Lipinski definition) is 6. The number of likely N-dealkylation sites (tertiary alicyclic amines) is 1. The quantitative estimate of drug-likeness (QED) is 0.612. The summed E-state index contributed by atoms with van der Waals surface area (Å²) in [5.74, 6) is -0.388. The number of carbonyl (C=O) groups excluding carboxylic acids is 3. The summed E-state index contributed by atoms with van der Waals surface area (Å²) in [6, 6.07) is 11.7. The first-order valence-electron chi connectivity index (χ1n) is 13.3. The van der Waals surface area contributed by atoms with Crippen LogP contribution in [-0.2, 0) is 16.1 Å². The van der Waals surface area contributed by atoms with Gasteiger partial charge in [-0.1, -0.05) is 12.5 Å². The molecule has 2 aromatic carbocycles. The van der Waals surface area contributed by atoms with Gasteiger partial charge in [-0.25, -0.2) is 4.39 Å². The zero-order valence-corrected chi connectivity index (χ0v) is 21.0. The molecule has 2 saturated heterocycles. The Morgan fingerprint density at radius 3 is 2.63 bits per heavy atom. The molecule has 0 radical (unpaired) electrons. The van der Waals surface area contributed by atoms with Gasteiger partial charge in [0, 0.05) is 43.6 Å². The van der Waals surface area contributed by atoms with Crippen molar-refractivity contribution in [3.63, 3.8) is 0 Å². The van der Waals surface area contributed by atoms with Crippen molar-refractivity contribution >= 4 is 17.7 Å². The first kappa shape index (κ1) is 24.6. The van der Waals surface area contributed by atoms with E-state index in [9.17, 15) is 24.0 Å². The highest BCUT2D eigenvalue weighted by atomic mass is 19.1. The average Bonchev–Trinajstić information content (AvgIpc) is 3.20. The summed E-state index contributed by atoms with van der Waals surface area (Å²) in [4.78, 5) is 40.8. The maximum atomic E-state index is 13.6. The molecule has 6 rings (SSSR count). The largest absolute Gasteiger partial charge is 0.489 e. The van der Waals surface area contributed by atoms with Crippen LogP contribution in [0, 0.1) is 17.1 Å². The Kier molecular flexibility index (Phi) is 6.36. The molecule has 4 aliphatic rings. The number of hydrogen-bond donors (Lipinski definition) is 1. The van der Waals surface area contributed by atoms with Crippen molar-refractivity contribution in [2.75, 3.05) is 13.1 Å². The summed E-state index contributed by atoms with van der Waals surface area (Å²) in [7, 11) is 0. The van der Waals surface area contributed by atoms with Gasteiger partial charge < -0.3 is 9.64 Å². The maximum Gasteiger partial charge on any atom is 0.255 e. The van der Waals surface area contributed by atoms with E-state index in [2.05, 4.69) is 16.3 Å². The van der Waals surface area contributed by atoms with Crippen molar-refractivity contribution in [3.05, 3.63) is 64.5 Å². The molecule has 0 aromatic heterocycles. The Bertz CT molecular complexity index is 1350. The van der Waals surface area contributed by atoms with Crippen LogP contribution in [0.1, 0.15) is 71.5 Å². The second kappa shape index (κ2) is 9.84. The summed E-state index contributed by atoms with van der Waals surface area (Å²) in [6.07, 6.45) is 4.75. The molecule has 0 bridgehead atoms. The number of imide groups is 1. The third kappa shape index (κ3) is 4.43. The molecule has 3 fully saturated rings. The van der Waals surface area contributed by atoms with Crippen molar-refractivity contribution in [1.29, 1.82) is 5.26 Å². The van der Waals surface area contributed by atoms with Crippen molar-refractivity contribution in [1.82, 2.24) is 15.1 Å². The number of halogens is 1. The van der Waals surface area contributed by atoms with Crippen LogP contribution in [-0.4, -0.2) is 58.8 Å². The summed E-state index contributed by atoms with van der Waals surface area (Å²) in [5, 5.41) is 11.8. The van der Waals surface area contributed by atoms with E-state index < -0.39 is 17.8 Å². The van der Waals surface area contributed by atoms with Crippen LogP contribution < -0.4 is 10.1 Å². The molecular weight excluding hydrogens is 487 g/mol. The second-order valence-corrected chi connectivity index (χ2v) is 10.7. The van der Waals surface area contributed by atoms with Crippen LogP contribution in [0.4, 0.5) is 4.39 Å². The van der Waals surface area contributed by atoms with Crippen molar-refractivity contribution < 1.29 is 23.5 Å². The van der Waals surface area contributed by atoms with Crippen molar-refractivity contribution in [2.24, 2.45) is 0 Å². The van der Waals surface area contributed by atoms with Crippen LogP contribution in [0.15, 0.2) is 36.4 Å². The molecule has 196 valence electrons. The number of ether oxygens (including phenoxy) is 1. The molecule has 8 nitrogen and oxygen atoms in total. The van der Waals surface area contributed by atoms with Gasteiger partial charge >= 0.3 is 0 Å². The van der Waals surface area contributed by atoms with Crippen LogP contribution >= 0.6 is 0 Å². The summed E-state index contributed by atoms with van der Waals surface area (Å²) in [6.45, 7) is 1.94. The molecule has 3 atom stereocenters. The van der Waals surface area contributed by atoms with Gasteiger partial charge in [-0.3, -0.25) is 24.6 Å². The third-order valence-electron chi connectivity index (χ3n) is 8.40. The number of nitrogens with zero attached hydrogens (tertiary/aromatic N) is 3. The van der Waals surface area contributed by atoms with Crippen molar-refractivity contribution in [2.45, 2.75) is 69.2 Å². The van der Waals surface area contributed by atoms with E-state index in [1.807, 2.05) is 12.1 Å². The predicted octanol–water partition coefficient (Wildman–Crippen LogP) is 3.25. The van der Waals surface area contributed by atoms with E-state index in [1.54, 1.807) is 17.0 Å². The predicted molar refractivity (Wildman–Crippen MR) is 135 cm³/mol. The molecule has 0 spiro atoms. The van der Waals surface area contributed by atoms with Gasteiger partial charge in [-0.15, -0.1) is 0 Å². The molecule has 1 aliphatic carbocycles. The monoisotopic (exact) mass is 516 g/mol. The Morgan fingerprint density at radius 2 is 1.84 bits per heavy atom. The van der Waals surface area contributed by atoms with Gasteiger partial charge in [-0.05, 0) is 67.1 Å². The van der Waals surface area contributed by atoms with Gasteiger partial charge in [0.2, 0.25) is 11.8 Å². The number of nitriles is 1. The zero-order chi connectivity index (χ0) is 26.4. The van der Waals surface area contributed by atoms with Gasteiger partial charge in [0.05, 0.1) is 11.6 Å². The number of fused-ring (bicyclic) bond motifs is 1. The smallest absolute Gasteiger partial charge is 0.255 e. The van der Waals surface area contributed by atoms with Gasteiger partial charge in [-0.2, -0.15) is 5.26 Å². The number of carbonyl (C=O) groups is 3. The minimum absolute atomic E-state index is 0.00903. The number of benzene rings is 2. The molecule has 3 amide bonds. The normalized spacial score (nSPS) is 25.9. The van der Waals surface area contributed by atoms with E-state index >= 15 is 0 Å². The Labute approximate surface area is 220 Å². The first-order chi connectivity index (χ1) is 18.4. The van der Waals surface area contributed by atoms with Gasteiger partial charge in [0.15, 0.2) is 0 Å². The van der Waals surface area contributed by atoms with Gasteiger partial charge in [0.1, 0.15) is 23.7 Å². The zero-order valence-electron chi connectivity index (χ0n) is 21.0. The molecule has 2 aromatic rings. The van der Waals surface area contributed by atoms with E-state index in [-0.39, 0.29) is 36.3 Å². The minimum atomic E-state index is -0.637. The molecule has 38 heavy (non-hydrogen) atoms. The number of amides is 3. The van der Waals surface area contributed by atoms with Crippen molar-refractivity contribution in [3.8, 4) is 11.8 Å². The van der Waals surface area contributed by atoms with E-state index in [4.69, 9.17) is 4.74 Å². The lowest BCUT2D eigenvalue weighted by Gasteiger charge is -2.48. The minimum Gasteiger partial charge on any atom is -0.489 e. The fraction of sp³-hybridized carbons (Fsp3) is 0.448. The molecule has 1 saturated carbocycles. The lowest BCUT2D eigenvalue weighted by molar-refractivity contribution is -0.136. The molecule has 3 heterocycles. The SMILES string of the molecule is N#Cc1cc(F)ccc1C1CN([C@@H]2CCCC[C@@H]2Oc2ccc3c(c2)CN([C@@H]2CCC(=O)NC2=O)C3=O)C1. The molecule has 3 aliphatic heterocycles. The third-order valence-corrected chi connectivity index (χ3v) is 8.40. The average molecular weight is 517 g/mol. The lowest BCUT2D eigenvalue weighted by atomic mass is 9.83. The Morgan fingerprint density at radius 1 is 1.03 bits per heavy atom. The van der Waals surface area contributed by atoms with E-state index in [0.29, 0.717) is 29.8 Å². The second-order valence-electron chi connectivity index (χ2n) is 10.7. The first-order valence-corrected chi connectivity index (χ1v) is 13.3. The fourth-order valence-corrected chi connectivity index (χ4v) is 6.39. The highest BCUT2D eigenvalue weighted by Crippen LogP contribution is 2.37. The summed E-state index contributed by atoms with van der Waals surface area (Å²) in [5.41, 5.74) is 2.71.